The molecular weight excluding hydrogens is 667 g/mol. The van der Waals surface area contributed by atoms with E-state index in [-0.39, 0.29) is 11.6 Å². The second-order valence-electron chi connectivity index (χ2n) is 13.2. The molecule has 9 aromatic rings. The lowest BCUT2D eigenvalue weighted by molar-refractivity contribution is 0.627. The Kier molecular flexibility index (Phi) is 8.62. The number of hydrogen-bond acceptors (Lipinski definition) is 2. The summed E-state index contributed by atoms with van der Waals surface area (Å²) in [6.45, 7) is 0. The summed E-state index contributed by atoms with van der Waals surface area (Å²) in [7, 11) is 0. The highest BCUT2D eigenvalue weighted by Crippen LogP contribution is 2.51. The fourth-order valence-corrected chi connectivity index (χ4v) is 7.47. The average molecular weight is 701 g/mol. The molecule has 0 amide bonds. The zero-order valence-corrected chi connectivity index (χ0v) is 29.3. The molecule has 2 nitrogen and oxygen atoms in total. The second kappa shape index (κ2) is 14.2. The Morgan fingerprint density at radius 1 is 0.259 bits per heavy atom. The number of anilines is 6. The molecule has 0 aromatic heterocycles. The average Bonchev–Trinajstić information content (AvgIpc) is 3.24. The molecule has 0 atom stereocenters. The normalized spacial score (nSPS) is 11.1. The van der Waals surface area contributed by atoms with Crippen molar-refractivity contribution in [2.45, 2.75) is 0 Å². The second-order valence-corrected chi connectivity index (χ2v) is 13.2. The van der Waals surface area contributed by atoms with E-state index >= 15 is 0 Å². The number of benzene rings is 9. The summed E-state index contributed by atoms with van der Waals surface area (Å²) in [6, 6.07) is 67.9. The van der Waals surface area contributed by atoms with E-state index in [2.05, 4.69) is 131 Å². The smallest absolute Gasteiger partial charge is 0.123 e. The molecular formula is C50H34F2N2. The van der Waals surface area contributed by atoms with Gasteiger partial charge in [0, 0.05) is 44.3 Å². The minimum Gasteiger partial charge on any atom is -0.309 e. The predicted molar refractivity (Wildman–Crippen MR) is 222 cm³/mol. The molecule has 258 valence electrons. The highest BCUT2D eigenvalue weighted by molar-refractivity contribution is 6.23. The van der Waals surface area contributed by atoms with Crippen molar-refractivity contribution in [2.24, 2.45) is 0 Å². The van der Waals surface area contributed by atoms with Gasteiger partial charge in [-0.25, -0.2) is 8.78 Å². The van der Waals surface area contributed by atoms with Gasteiger partial charge in [0.25, 0.3) is 0 Å². The van der Waals surface area contributed by atoms with E-state index in [1.54, 1.807) is 0 Å². The van der Waals surface area contributed by atoms with Crippen molar-refractivity contribution < 1.29 is 8.78 Å². The van der Waals surface area contributed by atoms with Gasteiger partial charge in [-0.15, -0.1) is 0 Å². The molecule has 0 fully saturated rings. The van der Waals surface area contributed by atoms with Gasteiger partial charge in [0.05, 0.1) is 11.4 Å². The molecule has 0 spiro atoms. The minimum absolute atomic E-state index is 0.297. The van der Waals surface area contributed by atoms with Crippen LogP contribution in [0, 0.1) is 11.6 Å². The fourth-order valence-electron chi connectivity index (χ4n) is 7.47. The van der Waals surface area contributed by atoms with Crippen LogP contribution in [0.25, 0.3) is 43.8 Å². The lowest BCUT2D eigenvalue weighted by Crippen LogP contribution is -2.14. The van der Waals surface area contributed by atoms with Gasteiger partial charge in [-0.1, -0.05) is 133 Å². The maximum atomic E-state index is 14.5. The molecule has 0 aliphatic carbocycles. The number of fused-ring (bicyclic) bond motifs is 2. The minimum atomic E-state index is -0.297. The third-order valence-electron chi connectivity index (χ3n) is 9.91. The van der Waals surface area contributed by atoms with Gasteiger partial charge in [-0.3, -0.25) is 0 Å². The number of rotatable bonds is 8. The third-order valence-corrected chi connectivity index (χ3v) is 9.91. The number of nitrogens with zero attached hydrogens (tertiary/aromatic N) is 2. The first-order chi connectivity index (χ1) is 26.6. The van der Waals surface area contributed by atoms with Crippen LogP contribution in [0.15, 0.2) is 206 Å². The standard InChI is InChI=1S/C50H34F2N2/c51-39-25-29-41(30-26-39)53(43-19-11-17-37(33-43)35-13-3-1-4-14-35)49-45-21-7-9-23-47(45)50(48-24-10-8-22-46(48)49)54(42-31-27-40(52)28-32-42)44-20-12-18-38(34-44)36-15-5-2-6-16-36/h1-34H. The molecule has 9 rings (SSSR count). The number of halogens is 2. The van der Waals surface area contributed by atoms with Gasteiger partial charge in [-0.05, 0) is 95.1 Å². The van der Waals surface area contributed by atoms with Crippen LogP contribution in [0.5, 0.6) is 0 Å². The van der Waals surface area contributed by atoms with Crippen molar-refractivity contribution in [3.8, 4) is 22.3 Å². The van der Waals surface area contributed by atoms with E-state index in [4.69, 9.17) is 0 Å². The SMILES string of the molecule is Fc1ccc(N(c2cccc(-c3ccccc3)c2)c2c3ccccc3c(N(c3ccc(F)cc3)c3cccc(-c4ccccc4)c3)c3ccccc23)cc1. The molecule has 0 N–H and O–H groups in total. The molecule has 4 heteroatoms. The summed E-state index contributed by atoms with van der Waals surface area (Å²) in [6.07, 6.45) is 0. The Balaban J connectivity index is 1.35. The van der Waals surface area contributed by atoms with Gasteiger partial charge in [-0.2, -0.15) is 0 Å². The summed E-state index contributed by atoms with van der Waals surface area (Å²) >= 11 is 0. The monoisotopic (exact) mass is 700 g/mol. The van der Waals surface area contributed by atoms with Crippen LogP contribution in [0.4, 0.5) is 42.9 Å². The van der Waals surface area contributed by atoms with E-state index in [1.165, 1.54) is 24.3 Å². The molecule has 9 aromatic carbocycles. The van der Waals surface area contributed by atoms with Crippen LogP contribution in [-0.4, -0.2) is 0 Å². The first kappa shape index (κ1) is 32.8. The van der Waals surface area contributed by atoms with Crippen molar-refractivity contribution in [3.63, 3.8) is 0 Å². The maximum absolute atomic E-state index is 14.5. The van der Waals surface area contributed by atoms with Gasteiger partial charge in [0.15, 0.2) is 0 Å². The summed E-state index contributed by atoms with van der Waals surface area (Å²) in [5.41, 5.74) is 9.85. The lowest BCUT2D eigenvalue weighted by atomic mass is 9.95. The van der Waals surface area contributed by atoms with Crippen LogP contribution in [0.1, 0.15) is 0 Å². The molecule has 0 aliphatic rings. The van der Waals surface area contributed by atoms with Crippen LogP contribution >= 0.6 is 0 Å². The Morgan fingerprint density at radius 2 is 0.574 bits per heavy atom. The molecule has 0 unspecified atom stereocenters. The van der Waals surface area contributed by atoms with Crippen molar-refractivity contribution in [2.75, 3.05) is 9.80 Å². The summed E-state index contributed by atoms with van der Waals surface area (Å²) < 4.78 is 29.0. The molecule has 0 saturated heterocycles. The third kappa shape index (κ3) is 6.14. The molecule has 0 bridgehead atoms. The Morgan fingerprint density at radius 3 is 0.926 bits per heavy atom. The topological polar surface area (TPSA) is 6.48 Å². The van der Waals surface area contributed by atoms with Gasteiger partial charge in [0.2, 0.25) is 0 Å². The largest absolute Gasteiger partial charge is 0.309 e. The van der Waals surface area contributed by atoms with Gasteiger partial charge < -0.3 is 9.80 Å². The Labute approximate surface area is 313 Å². The molecule has 0 aliphatic heterocycles. The van der Waals surface area contributed by atoms with E-state index in [0.29, 0.717) is 0 Å². The molecule has 0 heterocycles. The van der Waals surface area contributed by atoms with Crippen LogP contribution in [0.3, 0.4) is 0 Å². The van der Waals surface area contributed by atoms with Crippen LogP contribution in [-0.2, 0) is 0 Å². The highest BCUT2D eigenvalue weighted by Gasteiger charge is 2.25. The van der Waals surface area contributed by atoms with Crippen molar-refractivity contribution in [1.82, 2.24) is 0 Å². The lowest BCUT2D eigenvalue weighted by Gasteiger charge is -2.33. The summed E-state index contributed by atoms with van der Waals surface area (Å²) in [5, 5.41) is 4.03. The maximum Gasteiger partial charge on any atom is 0.123 e. The van der Waals surface area contributed by atoms with Crippen molar-refractivity contribution in [3.05, 3.63) is 218 Å². The quantitative estimate of drug-likeness (QED) is 0.115. The molecule has 54 heavy (non-hydrogen) atoms. The van der Waals surface area contributed by atoms with E-state index < -0.39 is 0 Å². The van der Waals surface area contributed by atoms with Gasteiger partial charge in [0.1, 0.15) is 11.6 Å². The van der Waals surface area contributed by atoms with Crippen molar-refractivity contribution >= 4 is 55.7 Å². The number of hydrogen-bond donors (Lipinski definition) is 0. The zero-order chi connectivity index (χ0) is 36.4. The van der Waals surface area contributed by atoms with Gasteiger partial charge >= 0.3 is 0 Å². The fraction of sp³-hybridized carbons (Fsp3) is 0. The predicted octanol–water partition coefficient (Wildman–Crippen LogP) is 14.5. The molecule has 0 saturated carbocycles. The van der Waals surface area contributed by atoms with E-state index in [1.807, 2.05) is 60.7 Å². The summed E-state index contributed by atoms with van der Waals surface area (Å²) in [4.78, 5) is 4.47. The van der Waals surface area contributed by atoms with Crippen LogP contribution < -0.4 is 9.80 Å². The Hall–Kier alpha value is -7.04. The first-order valence-electron chi connectivity index (χ1n) is 18.0. The first-order valence-corrected chi connectivity index (χ1v) is 18.0. The molecule has 0 radical (unpaired) electrons. The Bertz CT molecular complexity index is 2480. The summed E-state index contributed by atoms with van der Waals surface area (Å²) in [5.74, 6) is -0.594. The van der Waals surface area contributed by atoms with Crippen molar-refractivity contribution in [1.29, 1.82) is 0 Å². The van der Waals surface area contributed by atoms with E-state index in [9.17, 15) is 8.78 Å². The van der Waals surface area contributed by atoms with E-state index in [0.717, 1.165) is 77.9 Å². The highest BCUT2D eigenvalue weighted by atomic mass is 19.1. The van der Waals surface area contributed by atoms with Crippen LogP contribution in [0.2, 0.25) is 0 Å². The zero-order valence-electron chi connectivity index (χ0n) is 29.3.